The Bertz CT molecular complexity index is 544. The van der Waals surface area contributed by atoms with Crippen molar-refractivity contribution in [3.63, 3.8) is 0 Å². The van der Waals surface area contributed by atoms with Crippen molar-refractivity contribution in [1.29, 1.82) is 5.26 Å². The summed E-state index contributed by atoms with van der Waals surface area (Å²) in [5.41, 5.74) is -0.483. The number of carbonyl (C=O) groups excluding carboxylic acids is 1. The van der Waals surface area contributed by atoms with Gasteiger partial charge in [0.2, 0.25) is 0 Å². The molecule has 1 amide bonds. The minimum absolute atomic E-state index is 0.0841. The third kappa shape index (κ3) is 2.83. The molecule has 1 aromatic heterocycles. The van der Waals surface area contributed by atoms with Gasteiger partial charge in [-0.15, -0.1) is 0 Å². The topological polar surface area (TPSA) is 103 Å². The number of amides is 1. The van der Waals surface area contributed by atoms with Crippen molar-refractivity contribution < 1.29 is 14.7 Å². The molecule has 0 aliphatic heterocycles. The van der Waals surface area contributed by atoms with E-state index in [0.717, 1.165) is 0 Å². The fraction of sp³-hybridized carbons (Fsp3) is 0.333. The number of nitrogens with zero attached hydrogens (tertiary/aromatic N) is 2. The van der Waals surface area contributed by atoms with Crippen molar-refractivity contribution in [2.75, 3.05) is 0 Å². The van der Waals surface area contributed by atoms with Crippen molar-refractivity contribution in [2.45, 2.75) is 26.3 Å². The van der Waals surface area contributed by atoms with Crippen LogP contribution in [-0.2, 0) is 4.79 Å². The highest BCUT2D eigenvalue weighted by Crippen LogP contribution is 2.08. The van der Waals surface area contributed by atoms with E-state index in [2.05, 4.69) is 10.3 Å². The second-order valence-electron chi connectivity index (χ2n) is 4.33. The summed E-state index contributed by atoms with van der Waals surface area (Å²) in [4.78, 5) is 26.6. The van der Waals surface area contributed by atoms with Gasteiger partial charge in [0.1, 0.15) is 17.3 Å². The summed E-state index contributed by atoms with van der Waals surface area (Å²) in [5.74, 6) is -1.73. The average molecular weight is 247 g/mol. The first-order valence-electron chi connectivity index (χ1n) is 5.21. The van der Waals surface area contributed by atoms with E-state index < -0.39 is 17.4 Å². The Kier molecular flexibility index (Phi) is 3.67. The molecule has 0 aliphatic rings. The molecule has 0 unspecified atom stereocenters. The highest BCUT2D eigenvalue weighted by molar-refractivity contribution is 5.96. The molecular formula is C12H13N3O3. The summed E-state index contributed by atoms with van der Waals surface area (Å²) in [6.45, 7) is 4.37. The van der Waals surface area contributed by atoms with Crippen LogP contribution in [0.25, 0.3) is 0 Å². The van der Waals surface area contributed by atoms with Gasteiger partial charge in [0.15, 0.2) is 0 Å². The van der Waals surface area contributed by atoms with Crippen molar-refractivity contribution in [2.24, 2.45) is 0 Å². The molecule has 0 aliphatic carbocycles. The number of aromatic nitrogens is 1. The lowest BCUT2D eigenvalue weighted by Crippen LogP contribution is -2.49. The maximum atomic E-state index is 11.8. The molecule has 0 spiro atoms. The Labute approximate surface area is 104 Å². The normalized spacial score (nSPS) is 10.6. The number of hydrogen-bond acceptors (Lipinski definition) is 4. The summed E-state index contributed by atoms with van der Waals surface area (Å²) < 4.78 is 0. The average Bonchev–Trinajstić information content (AvgIpc) is 2.28. The monoisotopic (exact) mass is 247 g/mol. The summed E-state index contributed by atoms with van der Waals surface area (Å²) in [7, 11) is 0. The third-order valence-corrected chi connectivity index (χ3v) is 2.40. The molecule has 0 bridgehead atoms. The molecule has 2 N–H and O–H groups in total. The van der Waals surface area contributed by atoms with Crippen LogP contribution in [0.1, 0.15) is 35.6 Å². The fourth-order valence-corrected chi connectivity index (χ4v) is 1.21. The largest absolute Gasteiger partial charge is 0.480 e. The number of pyridine rings is 1. The molecule has 1 aromatic rings. The van der Waals surface area contributed by atoms with Crippen LogP contribution in [0, 0.1) is 18.3 Å². The van der Waals surface area contributed by atoms with Crippen molar-refractivity contribution in [3.8, 4) is 6.07 Å². The van der Waals surface area contributed by atoms with Crippen LogP contribution >= 0.6 is 0 Å². The summed E-state index contributed by atoms with van der Waals surface area (Å²) in [5, 5.41) is 20.0. The smallest absolute Gasteiger partial charge is 0.328 e. The molecule has 0 atom stereocenters. The van der Waals surface area contributed by atoms with Crippen molar-refractivity contribution in [1.82, 2.24) is 10.3 Å². The SMILES string of the molecule is Cc1nc(C(=O)NC(C)(C)C(=O)O)ccc1C#N. The number of carbonyl (C=O) groups is 2. The lowest BCUT2D eigenvalue weighted by Gasteiger charge is -2.20. The van der Waals surface area contributed by atoms with Crippen LogP contribution in [0.15, 0.2) is 12.1 Å². The highest BCUT2D eigenvalue weighted by Gasteiger charge is 2.29. The zero-order valence-corrected chi connectivity index (χ0v) is 10.3. The number of aliphatic carboxylic acids is 1. The molecular weight excluding hydrogens is 234 g/mol. The number of carboxylic acids is 1. The lowest BCUT2D eigenvalue weighted by atomic mass is 10.1. The van der Waals surface area contributed by atoms with E-state index in [1.54, 1.807) is 6.92 Å². The first-order chi connectivity index (χ1) is 8.27. The zero-order valence-electron chi connectivity index (χ0n) is 10.3. The standard InChI is InChI=1S/C12H13N3O3/c1-7-8(6-13)4-5-9(14-7)10(16)15-12(2,3)11(17)18/h4-5H,1-3H3,(H,15,16)(H,17,18). The number of nitriles is 1. The van der Waals surface area contributed by atoms with Crippen LogP contribution in [0.4, 0.5) is 0 Å². The lowest BCUT2D eigenvalue weighted by molar-refractivity contribution is -0.143. The summed E-state index contributed by atoms with van der Waals surface area (Å²) in [6.07, 6.45) is 0. The molecule has 1 heterocycles. The van der Waals surface area contributed by atoms with Gasteiger partial charge in [-0.3, -0.25) is 4.79 Å². The Morgan fingerprint density at radius 2 is 2.06 bits per heavy atom. The second kappa shape index (κ2) is 4.84. The van der Waals surface area contributed by atoms with Gasteiger partial charge in [-0.1, -0.05) is 0 Å². The van der Waals surface area contributed by atoms with Gasteiger partial charge in [-0.05, 0) is 32.9 Å². The van der Waals surface area contributed by atoms with E-state index in [4.69, 9.17) is 10.4 Å². The Balaban J connectivity index is 2.96. The molecule has 6 nitrogen and oxygen atoms in total. The molecule has 0 saturated carbocycles. The number of carboxylic acid groups (broad SMARTS) is 1. The van der Waals surface area contributed by atoms with Crippen LogP contribution in [0.3, 0.4) is 0 Å². The Morgan fingerprint density at radius 1 is 1.44 bits per heavy atom. The maximum absolute atomic E-state index is 11.8. The van der Waals surface area contributed by atoms with Crippen molar-refractivity contribution >= 4 is 11.9 Å². The van der Waals surface area contributed by atoms with Gasteiger partial charge < -0.3 is 10.4 Å². The molecule has 6 heteroatoms. The first kappa shape index (κ1) is 13.6. The first-order valence-corrected chi connectivity index (χ1v) is 5.21. The van der Waals surface area contributed by atoms with Gasteiger partial charge in [0, 0.05) is 0 Å². The predicted molar refractivity (Wildman–Crippen MR) is 62.9 cm³/mol. The molecule has 0 fully saturated rings. The molecule has 1 rings (SSSR count). The fourth-order valence-electron chi connectivity index (χ4n) is 1.21. The molecule has 18 heavy (non-hydrogen) atoms. The highest BCUT2D eigenvalue weighted by atomic mass is 16.4. The number of hydrogen-bond donors (Lipinski definition) is 2. The van der Waals surface area contributed by atoms with E-state index in [1.807, 2.05) is 6.07 Å². The summed E-state index contributed by atoms with van der Waals surface area (Å²) in [6, 6.07) is 4.80. The van der Waals surface area contributed by atoms with E-state index >= 15 is 0 Å². The quantitative estimate of drug-likeness (QED) is 0.824. The molecule has 94 valence electrons. The summed E-state index contributed by atoms with van der Waals surface area (Å²) >= 11 is 0. The van der Waals surface area contributed by atoms with Crippen LogP contribution < -0.4 is 5.32 Å². The van der Waals surface area contributed by atoms with Gasteiger partial charge in [0.25, 0.3) is 5.91 Å². The van der Waals surface area contributed by atoms with Gasteiger partial charge in [-0.25, -0.2) is 9.78 Å². The van der Waals surface area contributed by atoms with E-state index in [1.165, 1.54) is 26.0 Å². The maximum Gasteiger partial charge on any atom is 0.328 e. The molecule has 0 saturated heterocycles. The van der Waals surface area contributed by atoms with Gasteiger partial charge in [-0.2, -0.15) is 5.26 Å². The minimum atomic E-state index is -1.37. The van der Waals surface area contributed by atoms with E-state index in [-0.39, 0.29) is 5.69 Å². The second-order valence-corrected chi connectivity index (χ2v) is 4.33. The number of nitrogens with one attached hydrogen (secondary N) is 1. The van der Waals surface area contributed by atoms with Gasteiger partial charge in [0.05, 0.1) is 11.3 Å². The van der Waals surface area contributed by atoms with E-state index in [0.29, 0.717) is 11.3 Å². The molecule has 0 radical (unpaired) electrons. The predicted octanol–water partition coefficient (Wildman–Crippen LogP) is 0.855. The van der Waals surface area contributed by atoms with Crippen LogP contribution in [0.5, 0.6) is 0 Å². The van der Waals surface area contributed by atoms with E-state index in [9.17, 15) is 9.59 Å². The van der Waals surface area contributed by atoms with Crippen molar-refractivity contribution in [3.05, 3.63) is 29.1 Å². The van der Waals surface area contributed by atoms with Crippen LogP contribution in [-0.4, -0.2) is 27.5 Å². The van der Waals surface area contributed by atoms with Crippen LogP contribution in [0.2, 0.25) is 0 Å². The Morgan fingerprint density at radius 3 is 2.50 bits per heavy atom. The molecule has 0 aromatic carbocycles. The van der Waals surface area contributed by atoms with Gasteiger partial charge >= 0.3 is 5.97 Å². The number of rotatable bonds is 3. The zero-order chi connectivity index (χ0) is 13.9. The minimum Gasteiger partial charge on any atom is -0.480 e. The third-order valence-electron chi connectivity index (χ3n) is 2.40. The Hall–Kier alpha value is -2.42. The number of aryl methyl sites for hydroxylation is 1.